The Morgan fingerprint density at radius 1 is 0.368 bits per heavy atom. The molecule has 0 radical (unpaired) electrons. The zero-order chi connectivity index (χ0) is 37.9. The first-order chi connectivity index (χ1) is 28.2. The van der Waals surface area contributed by atoms with E-state index in [1.165, 1.54) is 55.6 Å². The van der Waals surface area contributed by atoms with Crippen molar-refractivity contribution in [1.82, 2.24) is 15.0 Å². The number of hydrogen-bond donors (Lipinski definition) is 0. The van der Waals surface area contributed by atoms with E-state index in [0.29, 0.717) is 11.4 Å². The van der Waals surface area contributed by atoms with Gasteiger partial charge in [0.15, 0.2) is 5.82 Å². The van der Waals surface area contributed by atoms with E-state index >= 15 is 0 Å². The Bertz CT molecular complexity index is 3020. The minimum atomic E-state index is -0.608. The zero-order valence-corrected chi connectivity index (χ0v) is 30.8. The molecule has 4 nitrogen and oxygen atoms in total. The minimum absolute atomic E-state index is 0.604. The lowest BCUT2D eigenvalue weighted by Crippen LogP contribution is -2.29. The van der Waals surface area contributed by atoms with Crippen LogP contribution in [0.15, 0.2) is 194 Å². The van der Waals surface area contributed by atoms with E-state index in [9.17, 15) is 5.26 Å². The van der Waals surface area contributed by atoms with Gasteiger partial charge in [-0.2, -0.15) is 5.26 Å². The monoisotopic (exact) mass is 724 g/mol. The van der Waals surface area contributed by atoms with E-state index in [4.69, 9.17) is 9.97 Å². The fourth-order valence-electron chi connectivity index (χ4n) is 9.12. The Morgan fingerprint density at radius 2 is 0.807 bits per heavy atom. The van der Waals surface area contributed by atoms with Crippen molar-refractivity contribution in [2.75, 3.05) is 0 Å². The van der Waals surface area contributed by atoms with Crippen molar-refractivity contribution in [3.05, 3.63) is 222 Å². The van der Waals surface area contributed by atoms with Crippen molar-refractivity contribution < 1.29 is 0 Å². The van der Waals surface area contributed by atoms with Gasteiger partial charge in [-0.3, -0.25) is 4.98 Å². The fraction of sp³-hybridized carbons (Fsp3) is 0.0189. The van der Waals surface area contributed by atoms with Gasteiger partial charge in [-0.1, -0.05) is 152 Å². The molecule has 0 fully saturated rings. The van der Waals surface area contributed by atoms with E-state index in [1.54, 1.807) is 0 Å². The van der Waals surface area contributed by atoms with Crippen LogP contribution < -0.4 is 0 Å². The van der Waals surface area contributed by atoms with Crippen LogP contribution in [-0.2, 0) is 5.41 Å². The Hall–Kier alpha value is -7.74. The standard InChI is InChI=1S/C53H32N4/c54-33-34-20-22-36(23-21-34)50-32-51(37-26-24-35(25-27-37)49-19-9-10-30-55-49)57-52(56-50)38-28-29-44-40-12-2-1-11-39(40)41-13-3-6-16-45(41)53(48(44)31-38)46-17-7-4-14-42(46)43-15-5-8-18-47(43)53/h1-32H. The molecular formula is C53H32N4. The van der Waals surface area contributed by atoms with E-state index in [1.807, 2.05) is 54.7 Å². The largest absolute Gasteiger partial charge is 0.256 e. The Labute approximate surface area is 331 Å². The first-order valence-corrected chi connectivity index (χ1v) is 19.2. The first-order valence-electron chi connectivity index (χ1n) is 19.2. The van der Waals surface area contributed by atoms with Gasteiger partial charge in [0.25, 0.3) is 0 Å². The van der Waals surface area contributed by atoms with Crippen LogP contribution in [0, 0.1) is 11.3 Å². The topological polar surface area (TPSA) is 62.5 Å². The van der Waals surface area contributed by atoms with Gasteiger partial charge in [0, 0.05) is 28.5 Å². The predicted molar refractivity (Wildman–Crippen MR) is 228 cm³/mol. The number of pyridine rings is 1. The molecule has 2 aliphatic carbocycles. The summed E-state index contributed by atoms with van der Waals surface area (Å²) in [4.78, 5) is 15.2. The lowest BCUT2D eigenvalue weighted by molar-refractivity contribution is 0.775. The molecule has 9 aromatic rings. The fourth-order valence-corrected chi connectivity index (χ4v) is 9.12. The smallest absolute Gasteiger partial charge is 0.160 e. The van der Waals surface area contributed by atoms with Crippen molar-refractivity contribution in [2.24, 2.45) is 0 Å². The summed E-state index contributed by atoms with van der Waals surface area (Å²) < 4.78 is 0. The number of benzene rings is 7. The SMILES string of the molecule is N#Cc1ccc(-c2cc(-c3ccc(-c4ccccn4)cc3)nc(-c3ccc4c(c3)C3(c5ccccc5-c5ccccc5-4)c4ccccc4-c4ccccc43)n2)cc1. The molecule has 0 saturated heterocycles. The van der Waals surface area contributed by atoms with E-state index in [-0.39, 0.29) is 0 Å². The van der Waals surface area contributed by atoms with Crippen LogP contribution in [0.3, 0.4) is 0 Å². The summed E-state index contributed by atoms with van der Waals surface area (Å²) in [5.74, 6) is 0.629. The third kappa shape index (κ3) is 5.03. The number of rotatable bonds is 4. The van der Waals surface area contributed by atoms with Gasteiger partial charge in [0.05, 0.1) is 34.1 Å². The maximum absolute atomic E-state index is 9.56. The quantitative estimate of drug-likeness (QED) is 0.181. The number of nitriles is 1. The molecule has 4 heteroatoms. The summed E-state index contributed by atoms with van der Waals surface area (Å²) in [6, 6.07) is 68.6. The highest BCUT2D eigenvalue weighted by Crippen LogP contribution is 2.61. The summed E-state index contributed by atoms with van der Waals surface area (Å²) in [5.41, 5.74) is 18.7. The van der Waals surface area contributed by atoms with Gasteiger partial charge in [0.1, 0.15) is 0 Å². The number of nitrogens with zero attached hydrogens (tertiary/aromatic N) is 4. The van der Waals surface area contributed by atoms with Crippen molar-refractivity contribution in [3.8, 4) is 84.6 Å². The molecule has 2 aliphatic rings. The van der Waals surface area contributed by atoms with Gasteiger partial charge in [0.2, 0.25) is 0 Å². The summed E-state index contributed by atoms with van der Waals surface area (Å²) >= 11 is 0. The minimum Gasteiger partial charge on any atom is -0.256 e. The second kappa shape index (κ2) is 12.9. The van der Waals surface area contributed by atoms with Gasteiger partial charge >= 0.3 is 0 Å². The van der Waals surface area contributed by atoms with Crippen LogP contribution in [0.1, 0.15) is 27.8 Å². The molecule has 0 amide bonds. The Kier molecular flexibility index (Phi) is 7.42. The van der Waals surface area contributed by atoms with Crippen LogP contribution in [0.2, 0.25) is 0 Å². The lowest BCUT2D eigenvalue weighted by atomic mass is 9.65. The molecule has 2 aromatic heterocycles. The number of fused-ring (bicyclic) bond motifs is 12. The molecule has 2 heterocycles. The molecule has 0 N–H and O–H groups in total. The van der Waals surface area contributed by atoms with E-state index in [2.05, 4.69) is 151 Å². The normalized spacial score (nSPS) is 12.7. The summed E-state index contributed by atoms with van der Waals surface area (Å²) in [5, 5.41) is 9.56. The van der Waals surface area contributed by atoms with Crippen molar-refractivity contribution >= 4 is 0 Å². The predicted octanol–water partition coefficient (Wildman–Crippen LogP) is 12.4. The van der Waals surface area contributed by atoms with Gasteiger partial charge in [-0.05, 0) is 92.0 Å². The molecule has 264 valence electrons. The van der Waals surface area contributed by atoms with Gasteiger partial charge in [-0.25, -0.2) is 9.97 Å². The molecule has 0 bridgehead atoms. The van der Waals surface area contributed by atoms with Crippen LogP contribution in [-0.4, -0.2) is 15.0 Å². The molecule has 0 atom stereocenters. The second-order valence-corrected chi connectivity index (χ2v) is 14.6. The van der Waals surface area contributed by atoms with Crippen molar-refractivity contribution in [3.63, 3.8) is 0 Å². The first kappa shape index (κ1) is 32.7. The second-order valence-electron chi connectivity index (χ2n) is 14.6. The maximum atomic E-state index is 9.56. The summed E-state index contributed by atoms with van der Waals surface area (Å²) in [7, 11) is 0. The summed E-state index contributed by atoms with van der Waals surface area (Å²) in [6.07, 6.45) is 1.81. The maximum Gasteiger partial charge on any atom is 0.160 e. The molecule has 0 aliphatic heterocycles. The van der Waals surface area contributed by atoms with Crippen LogP contribution in [0.25, 0.3) is 78.5 Å². The van der Waals surface area contributed by atoms with Crippen LogP contribution in [0.5, 0.6) is 0 Å². The third-order valence-electron chi connectivity index (χ3n) is 11.6. The highest BCUT2D eigenvalue weighted by atomic mass is 14.9. The van der Waals surface area contributed by atoms with E-state index in [0.717, 1.165) is 39.3 Å². The molecule has 11 rings (SSSR count). The Morgan fingerprint density at radius 3 is 1.33 bits per heavy atom. The Balaban J connectivity index is 1.18. The van der Waals surface area contributed by atoms with Crippen molar-refractivity contribution in [2.45, 2.75) is 5.41 Å². The van der Waals surface area contributed by atoms with E-state index < -0.39 is 5.41 Å². The number of hydrogen-bond acceptors (Lipinski definition) is 4. The average molecular weight is 725 g/mol. The zero-order valence-electron chi connectivity index (χ0n) is 30.8. The van der Waals surface area contributed by atoms with Crippen LogP contribution in [0.4, 0.5) is 0 Å². The molecule has 0 unspecified atom stereocenters. The van der Waals surface area contributed by atoms with Crippen molar-refractivity contribution in [1.29, 1.82) is 5.26 Å². The highest BCUT2D eigenvalue weighted by molar-refractivity contribution is 5.97. The molecule has 7 aromatic carbocycles. The molecule has 0 saturated carbocycles. The lowest BCUT2D eigenvalue weighted by Gasteiger charge is -2.35. The molecule has 1 spiro atoms. The summed E-state index contributed by atoms with van der Waals surface area (Å²) in [6.45, 7) is 0. The van der Waals surface area contributed by atoms with Gasteiger partial charge in [-0.15, -0.1) is 0 Å². The number of aromatic nitrogens is 3. The van der Waals surface area contributed by atoms with Crippen LogP contribution >= 0.6 is 0 Å². The molecular weight excluding hydrogens is 693 g/mol. The third-order valence-corrected chi connectivity index (χ3v) is 11.6. The highest BCUT2D eigenvalue weighted by Gasteiger charge is 2.49. The molecule has 57 heavy (non-hydrogen) atoms. The van der Waals surface area contributed by atoms with Gasteiger partial charge < -0.3 is 0 Å². The average Bonchev–Trinajstić information content (AvgIpc) is 3.54.